The lowest BCUT2D eigenvalue weighted by atomic mass is 10.2. The van der Waals surface area contributed by atoms with Crippen LogP contribution in [0, 0.1) is 10.1 Å². The van der Waals surface area contributed by atoms with E-state index in [4.69, 9.17) is 0 Å². The average molecular weight is 361 g/mol. The van der Waals surface area contributed by atoms with E-state index in [-0.39, 0.29) is 17.0 Å². The van der Waals surface area contributed by atoms with Crippen molar-refractivity contribution in [2.75, 3.05) is 21.9 Å². The summed E-state index contributed by atoms with van der Waals surface area (Å²) in [6, 6.07) is 11.9. The number of nitrogens with zero attached hydrogens (tertiary/aromatic N) is 2. The molecule has 2 aromatic carbocycles. The molecule has 1 fully saturated rings. The number of anilines is 2. The van der Waals surface area contributed by atoms with E-state index < -0.39 is 20.9 Å². The quantitative estimate of drug-likeness (QED) is 0.664. The third-order valence-corrected chi connectivity index (χ3v) is 5.68. The van der Waals surface area contributed by atoms with Crippen LogP contribution in [0.4, 0.5) is 17.1 Å². The Morgan fingerprint density at radius 3 is 2.60 bits per heavy atom. The molecule has 3 rings (SSSR count). The molecule has 1 aliphatic rings. The summed E-state index contributed by atoms with van der Waals surface area (Å²) in [5, 5.41) is 13.4. The van der Waals surface area contributed by atoms with Crippen LogP contribution in [0.25, 0.3) is 0 Å². The van der Waals surface area contributed by atoms with Crippen LogP contribution < -0.4 is 9.62 Å². The number of carbonyl (C=O) groups excluding carboxylic acids is 1. The lowest BCUT2D eigenvalue weighted by molar-refractivity contribution is -0.384. The van der Waals surface area contributed by atoms with Gasteiger partial charge in [-0.15, -0.1) is 0 Å². The molecule has 1 saturated heterocycles. The lowest BCUT2D eigenvalue weighted by Crippen LogP contribution is -2.25. The molecule has 0 aliphatic carbocycles. The van der Waals surface area contributed by atoms with Crippen molar-refractivity contribution >= 4 is 33.0 Å². The fraction of sp³-hybridized carbons (Fsp3) is 0.188. The number of hydrogen-bond donors (Lipinski definition) is 1. The fourth-order valence-electron chi connectivity index (χ4n) is 2.63. The summed E-state index contributed by atoms with van der Waals surface area (Å²) in [5.74, 6) is -0.401. The second kappa shape index (κ2) is 6.52. The molecule has 9 heteroatoms. The second-order valence-electron chi connectivity index (χ2n) is 5.55. The Labute approximate surface area is 144 Å². The first-order valence-electron chi connectivity index (χ1n) is 7.53. The third-order valence-electron chi connectivity index (χ3n) is 3.81. The number of carbonyl (C=O) groups is 1. The lowest BCUT2D eigenvalue weighted by Gasteiger charge is -2.17. The van der Waals surface area contributed by atoms with Gasteiger partial charge in [0.15, 0.2) is 0 Å². The maximum absolute atomic E-state index is 12.3. The van der Waals surface area contributed by atoms with Gasteiger partial charge in [-0.25, -0.2) is 8.42 Å². The van der Waals surface area contributed by atoms with E-state index in [0.717, 1.165) is 0 Å². The van der Waals surface area contributed by atoms with Crippen molar-refractivity contribution in [3.8, 4) is 0 Å². The van der Waals surface area contributed by atoms with Gasteiger partial charge in [0.1, 0.15) is 0 Å². The van der Waals surface area contributed by atoms with Gasteiger partial charge in [-0.1, -0.05) is 12.1 Å². The van der Waals surface area contributed by atoms with Gasteiger partial charge in [0.2, 0.25) is 10.0 Å². The number of nitrogens with one attached hydrogen (secondary N) is 1. The Bertz CT molecular complexity index is 942. The van der Waals surface area contributed by atoms with Gasteiger partial charge in [-0.3, -0.25) is 19.2 Å². The molecule has 2 aromatic rings. The van der Waals surface area contributed by atoms with Crippen LogP contribution >= 0.6 is 0 Å². The van der Waals surface area contributed by atoms with Crippen molar-refractivity contribution in [2.45, 2.75) is 6.42 Å². The summed E-state index contributed by atoms with van der Waals surface area (Å²) >= 11 is 0. The highest BCUT2D eigenvalue weighted by Gasteiger charge is 2.28. The molecule has 0 spiro atoms. The zero-order valence-electron chi connectivity index (χ0n) is 13.1. The molecule has 0 unspecified atom stereocenters. The van der Waals surface area contributed by atoms with Crippen LogP contribution in [-0.2, 0) is 10.0 Å². The summed E-state index contributed by atoms with van der Waals surface area (Å²) in [4.78, 5) is 22.5. The minimum Gasteiger partial charge on any atom is -0.322 e. The maximum Gasteiger partial charge on any atom is 0.270 e. The van der Waals surface area contributed by atoms with Crippen molar-refractivity contribution in [3.05, 3.63) is 64.2 Å². The zero-order valence-corrected chi connectivity index (χ0v) is 13.9. The number of rotatable bonds is 4. The number of hydrogen-bond acceptors (Lipinski definition) is 5. The van der Waals surface area contributed by atoms with E-state index in [1.165, 1.54) is 28.6 Å². The van der Waals surface area contributed by atoms with Crippen molar-refractivity contribution < 1.29 is 18.1 Å². The monoisotopic (exact) mass is 361 g/mol. The molecule has 1 heterocycles. The predicted octanol–water partition coefficient (Wildman–Crippen LogP) is 2.39. The van der Waals surface area contributed by atoms with Crippen molar-refractivity contribution in [1.82, 2.24) is 0 Å². The Balaban J connectivity index is 1.82. The molecule has 0 radical (unpaired) electrons. The Morgan fingerprint density at radius 1 is 1.16 bits per heavy atom. The fourth-order valence-corrected chi connectivity index (χ4v) is 4.19. The van der Waals surface area contributed by atoms with Crippen LogP contribution in [0.1, 0.15) is 16.8 Å². The van der Waals surface area contributed by atoms with Gasteiger partial charge in [-0.05, 0) is 30.7 Å². The highest BCUT2D eigenvalue weighted by Crippen LogP contribution is 2.26. The molecular weight excluding hydrogens is 346 g/mol. The molecule has 25 heavy (non-hydrogen) atoms. The Hall–Kier alpha value is -2.94. The van der Waals surface area contributed by atoms with E-state index in [0.29, 0.717) is 24.3 Å². The molecule has 0 atom stereocenters. The van der Waals surface area contributed by atoms with Gasteiger partial charge in [0.05, 0.1) is 16.4 Å². The van der Waals surface area contributed by atoms with E-state index in [1.807, 2.05) is 0 Å². The van der Waals surface area contributed by atoms with Gasteiger partial charge in [0.25, 0.3) is 11.6 Å². The minimum absolute atomic E-state index is 0.108. The smallest absolute Gasteiger partial charge is 0.270 e. The van der Waals surface area contributed by atoms with E-state index in [2.05, 4.69) is 5.32 Å². The SMILES string of the molecule is O=C(Nc1cccc(N2CCCS2(=O)=O)c1)c1cccc([N+](=O)[O-])c1. The molecule has 130 valence electrons. The highest BCUT2D eigenvalue weighted by molar-refractivity contribution is 7.93. The van der Waals surface area contributed by atoms with Gasteiger partial charge < -0.3 is 5.32 Å². The molecule has 0 saturated carbocycles. The van der Waals surface area contributed by atoms with Crippen molar-refractivity contribution in [1.29, 1.82) is 0 Å². The first-order chi connectivity index (χ1) is 11.9. The first-order valence-corrected chi connectivity index (χ1v) is 9.14. The molecular formula is C16H15N3O5S. The predicted molar refractivity (Wildman–Crippen MR) is 93.2 cm³/mol. The number of amides is 1. The number of non-ortho nitro benzene ring substituents is 1. The summed E-state index contributed by atoms with van der Waals surface area (Å²) in [6.07, 6.45) is 0.562. The highest BCUT2D eigenvalue weighted by atomic mass is 32.2. The van der Waals surface area contributed by atoms with Gasteiger partial charge >= 0.3 is 0 Å². The zero-order chi connectivity index (χ0) is 18.0. The summed E-state index contributed by atoms with van der Waals surface area (Å²) in [5.41, 5.74) is 0.864. The van der Waals surface area contributed by atoms with Crippen molar-refractivity contribution in [2.24, 2.45) is 0 Å². The molecule has 1 amide bonds. The van der Waals surface area contributed by atoms with Gasteiger partial charge in [0, 0.05) is 29.9 Å². The van der Waals surface area contributed by atoms with Crippen LogP contribution in [0.5, 0.6) is 0 Å². The molecule has 1 aliphatic heterocycles. The topological polar surface area (TPSA) is 110 Å². The first kappa shape index (κ1) is 16.9. The van der Waals surface area contributed by atoms with Crippen LogP contribution in [0.2, 0.25) is 0 Å². The van der Waals surface area contributed by atoms with Gasteiger partial charge in [-0.2, -0.15) is 0 Å². The number of nitro groups is 1. The van der Waals surface area contributed by atoms with Crippen LogP contribution in [0.15, 0.2) is 48.5 Å². The largest absolute Gasteiger partial charge is 0.322 e. The molecule has 0 aromatic heterocycles. The van der Waals surface area contributed by atoms with Crippen LogP contribution in [-0.4, -0.2) is 31.5 Å². The molecule has 1 N–H and O–H groups in total. The summed E-state index contributed by atoms with van der Waals surface area (Å²) in [6.45, 7) is 0.407. The number of sulfonamides is 1. The Morgan fingerprint density at radius 2 is 1.92 bits per heavy atom. The Kier molecular flexibility index (Phi) is 4.41. The van der Waals surface area contributed by atoms with E-state index in [9.17, 15) is 23.3 Å². The standard InChI is InChI=1S/C16H15N3O5S/c20-16(12-4-1-7-15(10-12)19(21)22)17-13-5-2-6-14(11-13)18-8-3-9-25(18,23)24/h1-2,4-7,10-11H,3,8-9H2,(H,17,20). The molecule has 8 nitrogen and oxygen atoms in total. The third kappa shape index (κ3) is 3.61. The van der Waals surface area contributed by atoms with Crippen LogP contribution in [0.3, 0.4) is 0 Å². The molecule has 0 bridgehead atoms. The summed E-state index contributed by atoms with van der Waals surface area (Å²) in [7, 11) is -3.31. The maximum atomic E-state index is 12.3. The second-order valence-corrected chi connectivity index (χ2v) is 7.57. The van der Waals surface area contributed by atoms with Crippen molar-refractivity contribution in [3.63, 3.8) is 0 Å². The summed E-state index contributed by atoms with van der Waals surface area (Å²) < 4.78 is 25.3. The number of benzene rings is 2. The van der Waals surface area contributed by atoms with E-state index >= 15 is 0 Å². The van der Waals surface area contributed by atoms with E-state index in [1.54, 1.807) is 24.3 Å². The average Bonchev–Trinajstić information content (AvgIpc) is 2.94. The normalized spacial score (nSPS) is 15.8. The minimum atomic E-state index is -3.31. The number of nitro benzene ring substituents is 1.